The van der Waals surface area contributed by atoms with Crippen LogP contribution in [0.4, 0.5) is 5.69 Å². The van der Waals surface area contributed by atoms with E-state index < -0.39 is 22.2 Å². The first-order chi connectivity index (χ1) is 14.0. The normalized spacial score (nSPS) is 19.6. The maximum Gasteiger partial charge on any atom is 0.320 e. The Balaban J connectivity index is 2.17. The summed E-state index contributed by atoms with van der Waals surface area (Å²) in [6.45, 7) is 5.74. The molecule has 2 atom stereocenters. The summed E-state index contributed by atoms with van der Waals surface area (Å²) in [5.41, 5.74) is 0.535. The third kappa shape index (κ3) is 3.58. The Morgan fingerprint density at radius 2 is 1.97 bits per heavy atom. The molecule has 0 bridgehead atoms. The molecule has 0 amide bonds. The van der Waals surface area contributed by atoms with Crippen LogP contribution in [0.25, 0.3) is 0 Å². The van der Waals surface area contributed by atoms with Gasteiger partial charge in [-0.25, -0.2) is 0 Å². The number of fused-ring (bicyclic) bond motifs is 1. The zero-order valence-corrected chi connectivity index (χ0v) is 16.3. The van der Waals surface area contributed by atoms with Crippen LogP contribution in [0.2, 0.25) is 0 Å². The highest BCUT2D eigenvalue weighted by Crippen LogP contribution is 2.47. The number of ketones is 1. The van der Waals surface area contributed by atoms with Gasteiger partial charge in [-0.1, -0.05) is 42.5 Å². The molecule has 6 heteroatoms. The zero-order valence-electron chi connectivity index (χ0n) is 16.3. The van der Waals surface area contributed by atoms with Gasteiger partial charge in [0.25, 0.3) is 5.69 Å². The van der Waals surface area contributed by atoms with E-state index in [1.165, 1.54) is 12.1 Å². The average molecular weight is 393 g/mol. The lowest BCUT2D eigenvalue weighted by atomic mass is 9.65. The minimum absolute atomic E-state index is 0.0562. The number of carbonyl (C=O) groups excluding carboxylic acids is 2. The van der Waals surface area contributed by atoms with Gasteiger partial charge in [0.1, 0.15) is 5.41 Å². The zero-order chi connectivity index (χ0) is 21.0. The summed E-state index contributed by atoms with van der Waals surface area (Å²) >= 11 is 0. The van der Waals surface area contributed by atoms with Gasteiger partial charge in [-0.15, -0.1) is 6.58 Å². The van der Waals surface area contributed by atoms with E-state index >= 15 is 0 Å². The number of aryl methyl sites for hydroxylation is 1. The van der Waals surface area contributed by atoms with Gasteiger partial charge in [0, 0.05) is 23.6 Å². The van der Waals surface area contributed by atoms with E-state index in [1.807, 2.05) is 12.1 Å². The SMILES string of the molecule is C=CC(c1ccc([N+](=O)[O-])cc1)[C@@]1(C(=O)OCC)CCCc2ccccc2C1=O. The molecule has 0 heterocycles. The molecule has 0 saturated heterocycles. The Morgan fingerprint density at radius 3 is 2.59 bits per heavy atom. The Morgan fingerprint density at radius 1 is 1.28 bits per heavy atom. The van der Waals surface area contributed by atoms with Gasteiger partial charge in [0.05, 0.1) is 11.5 Å². The molecule has 6 nitrogen and oxygen atoms in total. The predicted octanol–water partition coefficient (Wildman–Crippen LogP) is 4.63. The minimum atomic E-state index is -1.46. The number of hydrogen-bond acceptors (Lipinski definition) is 5. The summed E-state index contributed by atoms with van der Waals surface area (Å²) in [6.07, 6.45) is 3.21. The lowest BCUT2D eigenvalue weighted by Crippen LogP contribution is -2.45. The number of Topliss-reactive ketones (excluding diaryl/α,β-unsaturated/α-hetero) is 1. The van der Waals surface area contributed by atoms with Gasteiger partial charge in [-0.3, -0.25) is 19.7 Å². The molecule has 1 unspecified atom stereocenters. The number of carbonyl (C=O) groups is 2. The Hall–Kier alpha value is -3.28. The van der Waals surface area contributed by atoms with Crippen molar-refractivity contribution >= 4 is 17.4 Å². The molecule has 0 saturated carbocycles. The molecular formula is C23H23NO5. The molecule has 0 spiro atoms. The van der Waals surface area contributed by atoms with E-state index in [2.05, 4.69) is 6.58 Å². The quantitative estimate of drug-likeness (QED) is 0.178. The summed E-state index contributed by atoms with van der Waals surface area (Å²) in [7, 11) is 0. The van der Waals surface area contributed by atoms with E-state index in [0.717, 1.165) is 5.56 Å². The van der Waals surface area contributed by atoms with Crippen molar-refractivity contribution in [3.63, 3.8) is 0 Å². The molecule has 0 radical (unpaired) electrons. The van der Waals surface area contributed by atoms with Crippen LogP contribution in [0.5, 0.6) is 0 Å². The van der Waals surface area contributed by atoms with Crippen LogP contribution in [0.3, 0.4) is 0 Å². The molecule has 2 aromatic rings. The Labute approximate surface area is 169 Å². The van der Waals surface area contributed by atoms with Crippen molar-refractivity contribution in [3.8, 4) is 0 Å². The Bertz CT molecular complexity index is 950. The summed E-state index contributed by atoms with van der Waals surface area (Å²) in [4.78, 5) is 37.5. The molecule has 0 fully saturated rings. The molecule has 0 aromatic heterocycles. The van der Waals surface area contributed by atoms with E-state index in [4.69, 9.17) is 4.74 Å². The van der Waals surface area contributed by atoms with Crippen LogP contribution in [0, 0.1) is 15.5 Å². The van der Waals surface area contributed by atoms with Crippen LogP contribution in [-0.4, -0.2) is 23.3 Å². The Kier molecular flexibility index (Phi) is 5.92. The fourth-order valence-electron chi connectivity index (χ4n) is 4.17. The number of ether oxygens (including phenoxy) is 1. The van der Waals surface area contributed by atoms with E-state index in [9.17, 15) is 19.7 Å². The van der Waals surface area contributed by atoms with Crippen LogP contribution >= 0.6 is 0 Å². The first-order valence-corrected chi connectivity index (χ1v) is 9.62. The van der Waals surface area contributed by atoms with Crippen LogP contribution in [0.1, 0.15) is 47.2 Å². The van der Waals surface area contributed by atoms with Crippen LogP contribution in [-0.2, 0) is 16.0 Å². The summed E-state index contributed by atoms with van der Waals surface area (Å²) < 4.78 is 5.38. The standard InChI is InChI=1S/C23H23NO5/c1-3-20(17-11-13-18(14-12-17)24(27)28)23(22(26)29-4-2)15-7-9-16-8-5-6-10-19(16)21(23)25/h3,5-6,8,10-14,20H,1,4,7,9,15H2,2H3/t20?,23-/m0/s1. The lowest BCUT2D eigenvalue weighted by molar-refractivity contribution is -0.384. The number of nitrogens with zero attached hydrogens (tertiary/aromatic N) is 1. The maximum atomic E-state index is 13.8. The molecule has 1 aliphatic carbocycles. The molecule has 0 aliphatic heterocycles. The molecule has 150 valence electrons. The van der Waals surface area contributed by atoms with Crippen molar-refractivity contribution in [1.29, 1.82) is 0 Å². The highest BCUT2D eigenvalue weighted by Gasteiger charge is 2.53. The number of nitro benzene ring substituents is 1. The lowest BCUT2D eigenvalue weighted by Gasteiger charge is -2.35. The molecule has 1 aliphatic rings. The number of benzene rings is 2. The van der Waals surface area contributed by atoms with Crippen molar-refractivity contribution < 1.29 is 19.2 Å². The second-order valence-electron chi connectivity index (χ2n) is 7.09. The second-order valence-corrected chi connectivity index (χ2v) is 7.09. The molecule has 29 heavy (non-hydrogen) atoms. The number of hydrogen-bond donors (Lipinski definition) is 0. The van der Waals surface area contributed by atoms with Gasteiger partial charge in [-0.2, -0.15) is 0 Å². The highest BCUT2D eigenvalue weighted by molar-refractivity contribution is 6.14. The van der Waals surface area contributed by atoms with Crippen molar-refractivity contribution in [3.05, 3.63) is 88.0 Å². The smallest absolute Gasteiger partial charge is 0.320 e. The fraction of sp³-hybridized carbons (Fsp3) is 0.304. The van der Waals surface area contributed by atoms with Crippen molar-refractivity contribution in [2.75, 3.05) is 6.61 Å². The third-order valence-electron chi connectivity index (χ3n) is 5.55. The summed E-state index contributed by atoms with van der Waals surface area (Å²) in [5, 5.41) is 11.0. The van der Waals surface area contributed by atoms with Crippen molar-refractivity contribution in [1.82, 2.24) is 0 Å². The topological polar surface area (TPSA) is 86.5 Å². The molecule has 2 aromatic carbocycles. The van der Waals surface area contributed by atoms with E-state index in [0.29, 0.717) is 30.4 Å². The van der Waals surface area contributed by atoms with Gasteiger partial charge < -0.3 is 4.74 Å². The maximum absolute atomic E-state index is 13.8. The molecule has 3 rings (SSSR count). The monoisotopic (exact) mass is 393 g/mol. The number of non-ortho nitro benzene ring substituents is 1. The van der Waals surface area contributed by atoms with Gasteiger partial charge >= 0.3 is 5.97 Å². The highest BCUT2D eigenvalue weighted by atomic mass is 16.6. The van der Waals surface area contributed by atoms with Crippen molar-refractivity contribution in [2.45, 2.75) is 32.1 Å². The van der Waals surface area contributed by atoms with Crippen LogP contribution in [0.15, 0.2) is 61.2 Å². The largest absolute Gasteiger partial charge is 0.465 e. The number of rotatable bonds is 6. The molecular weight excluding hydrogens is 370 g/mol. The first-order valence-electron chi connectivity index (χ1n) is 9.62. The average Bonchev–Trinajstić information content (AvgIpc) is 2.87. The second kappa shape index (κ2) is 8.39. The summed E-state index contributed by atoms with van der Waals surface area (Å²) in [6, 6.07) is 13.2. The van der Waals surface area contributed by atoms with E-state index in [1.54, 1.807) is 37.3 Å². The van der Waals surface area contributed by atoms with Gasteiger partial charge in [-0.05, 0) is 37.3 Å². The van der Waals surface area contributed by atoms with Crippen molar-refractivity contribution in [2.24, 2.45) is 5.41 Å². The summed E-state index contributed by atoms with van der Waals surface area (Å²) in [5.74, 6) is -1.53. The number of nitro groups is 1. The fourth-order valence-corrected chi connectivity index (χ4v) is 4.17. The third-order valence-corrected chi connectivity index (χ3v) is 5.55. The number of esters is 1. The molecule has 0 N–H and O–H groups in total. The predicted molar refractivity (Wildman–Crippen MR) is 109 cm³/mol. The van der Waals surface area contributed by atoms with Gasteiger partial charge in [0.2, 0.25) is 0 Å². The van der Waals surface area contributed by atoms with E-state index in [-0.39, 0.29) is 18.1 Å². The van der Waals surface area contributed by atoms with Crippen LogP contribution < -0.4 is 0 Å². The minimum Gasteiger partial charge on any atom is -0.465 e. The first kappa shape index (κ1) is 20.5. The number of allylic oxidation sites excluding steroid dienone is 1. The van der Waals surface area contributed by atoms with Gasteiger partial charge in [0.15, 0.2) is 5.78 Å².